The highest BCUT2D eigenvalue weighted by molar-refractivity contribution is 6.64. The minimum absolute atomic E-state index is 0.142. The Morgan fingerprint density at radius 1 is 1.38 bits per heavy atom. The second-order valence-electron chi connectivity index (χ2n) is 3.17. The van der Waals surface area contributed by atoms with Crippen LogP contribution in [0.4, 0.5) is 0 Å². The molecule has 1 aromatic carbocycles. The summed E-state index contributed by atoms with van der Waals surface area (Å²) in [5.74, 6) is -0.142. The van der Waals surface area contributed by atoms with Crippen molar-refractivity contribution >= 4 is 22.9 Å². The van der Waals surface area contributed by atoms with Gasteiger partial charge in [-0.15, -0.1) is 0 Å². The maximum absolute atomic E-state index is 10.9. The molecule has 0 N–H and O–H groups in total. The van der Waals surface area contributed by atoms with Crippen LogP contribution in [0, 0.1) is 5.92 Å². The van der Waals surface area contributed by atoms with Crippen LogP contribution in [0.1, 0.15) is 11.1 Å². The Kier molecular flexibility index (Phi) is 2.19. The van der Waals surface area contributed by atoms with Crippen LogP contribution in [0.2, 0.25) is 0 Å². The van der Waals surface area contributed by atoms with Gasteiger partial charge in [0.25, 0.3) is 0 Å². The van der Waals surface area contributed by atoms with Gasteiger partial charge >= 0.3 is 0 Å². The molecule has 1 nitrogen and oxygen atoms in total. The van der Waals surface area contributed by atoms with E-state index in [-0.39, 0.29) is 11.2 Å². The summed E-state index contributed by atoms with van der Waals surface area (Å²) in [6.07, 6.45) is 4.57. The van der Waals surface area contributed by atoms with Crippen LogP contribution < -0.4 is 0 Å². The molecule has 13 heavy (non-hydrogen) atoms. The van der Waals surface area contributed by atoms with E-state index in [2.05, 4.69) is 0 Å². The molecule has 2 rings (SSSR count). The lowest BCUT2D eigenvalue weighted by molar-refractivity contribution is -0.113. The Hall–Kier alpha value is -1.08. The fourth-order valence-electron chi connectivity index (χ4n) is 1.56. The summed E-state index contributed by atoms with van der Waals surface area (Å²) in [7, 11) is 0. The third-order valence-corrected chi connectivity index (χ3v) is 2.57. The third kappa shape index (κ3) is 1.65. The molecule has 1 atom stereocenters. The maximum atomic E-state index is 10.9. The minimum Gasteiger partial charge on any atom is -0.281 e. The van der Waals surface area contributed by atoms with Gasteiger partial charge in [-0.25, -0.2) is 0 Å². The number of carbonyl (C=O) groups is 1. The summed E-state index contributed by atoms with van der Waals surface area (Å²) < 4.78 is 0. The van der Waals surface area contributed by atoms with Crippen LogP contribution in [-0.4, -0.2) is 5.24 Å². The highest BCUT2D eigenvalue weighted by Gasteiger charge is 2.17. The molecule has 0 fully saturated rings. The summed E-state index contributed by atoms with van der Waals surface area (Å²) in [4.78, 5) is 10.9. The molecule has 0 spiro atoms. The predicted molar refractivity (Wildman–Crippen MR) is 53.5 cm³/mol. The fourth-order valence-corrected chi connectivity index (χ4v) is 1.71. The number of allylic oxidation sites excluding steroid dienone is 1. The third-order valence-electron chi connectivity index (χ3n) is 2.29. The van der Waals surface area contributed by atoms with Crippen LogP contribution in [0.5, 0.6) is 0 Å². The monoisotopic (exact) mass is 192 g/mol. The molecule has 0 amide bonds. The lowest BCUT2D eigenvalue weighted by atomic mass is 9.90. The van der Waals surface area contributed by atoms with Gasteiger partial charge in [-0.3, -0.25) is 4.79 Å². The van der Waals surface area contributed by atoms with E-state index in [9.17, 15) is 4.79 Å². The fraction of sp³-hybridized carbons (Fsp3) is 0.182. The zero-order chi connectivity index (χ0) is 9.26. The van der Waals surface area contributed by atoms with Crippen molar-refractivity contribution in [3.05, 3.63) is 41.5 Å². The first-order valence-electron chi connectivity index (χ1n) is 4.23. The molecular formula is C11H9ClO. The first kappa shape index (κ1) is 8.52. The lowest BCUT2D eigenvalue weighted by Crippen LogP contribution is -2.12. The van der Waals surface area contributed by atoms with Gasteiger partial charge < -0.3 is 0 Å². The van der Waals surface area contributed by atoms with Gasteiger partial charge in [0, 0.05) is 0 Å². The molecule has 1 aliphatic carbocycles. The second-order valence-corrected chi connectivity index (χ2v) is 3.55. The van der Waals surface area contributed by atoms with Gasteiger partial charge in [0.1, 0.15) is 0 Å². The molecule has 0 aliphatic heterocycles. The summed E-state index contributed by atoms with van der Waals surface area (Å²) >= 11 is 5.43. The van der Waals surface area contributed by atoms with Crippen LogP contribution in [0.25, 0.3) is 6.08 Å². The van der Waals surface area contributed by atoms with Crippen LogP contribution >= 0.6 is 11.6 Å². The quantitative estimate of drug-likeness (QED) is 0.626. The molecule has 0 unspecified atom stereocenters. The second kappa shape index (κ2) is 3.35. The van der Waals surface area contributed by atoms with Crippen molar-refractivity contribution in [2.45, 2.75) is 6.42 Å². The number of hydrogen-bond acceptors (Lipinski definition) is 1. The molecular weight excluding hydrogens is 184 g/mol. The number of carbonyl (C=O) groups excluding carboxylic acids is 1. The number of halogens is 1. The molecule has 0 aromatic heterocycles. The topological polar surface area (TPSA) is 17.1 Å². The smallest absolute Gasteiger partial charge is 0.228 e. The number of rotatable bonds is 1. The van der Waals surface area contributed by atoms with E-state index in [1.807, 2.05) is 36.4 Å². The van der Waals surface area contributed by atoms with Crippen molar-refractivity contribution in [1.82, 2.24) is 0 Å². The SMILES string of the molecule is O=C(Cl)[C@H]1C=Cc2ccccc2C1. The van der Waals surface area contributed by atoms with E-state index >= 15 is 0 Å². The maximum Gasteiger partial charge on any atom is 0.228 e. The van der Waals surface area contributed by atoms with E-state index in [1.54, 1.807) is 0 Å². The number of hydrogen-bond donors (Lipinski definition) is 0. The van der Waals surface area contributed by atoms with Crippen molar-refractivity contribution < 1.29 is 4.79 Å². The van der Waals surface area contributed by atoms with E-state index < -0.39 is 0 Å². The lowest BCUT2D eigenvalue weighted by Gasteiger charge is -2.15. The average molecular weight is 193 g/mol. The number of benzene rings is 1. The Morgan fingerprint density at radius 2 is 2.15 bits per heavy atom. The molecule has 0 saturated heterocycles. The summed E-state index contributed by atoms with van der Waals surface area (Å²) in [5, 5.41) is -0.272. The van der Waals surface area contributed by atoms with Gasteiger partial charge in [0.15, 0.2) is 0 Å². The molecule has 66 valence electrons. The Labute approximate surface area is 82.0 Å². The molecule has 2 heteroatoms. The van der Waals surface area contributed by atoms with Gasteiger partial charge in [0.2, 0.25) is 5.24 Å². The highest BCUT2D eigenvalue weighted by Crippen LogP contribution is 2.23. The van der Waals surface area contributed by atoms with Crippen molar-refractivity contribution in [2.24, 2.45) is 5.92 Å². The van der Waals surface area contributed by atoms with Crippen LogP contribution in [0.15, 0.2) is 30.3 Å². The Morgan fingerprint density at radius 3 is 2.92 bits per heavy atom. The number of fused-ring (bicyclic) bond motifs is 1. The van der Waals surface area contributed by atoms with Gasteiger partial charge in [0.05, 0.1) is 5.92 Å². The summed E-state index contributed by atoms with van der Waals surface area (Å²) in [6.45, 7) is 0. The Balaban J connectivity index is 2.34. The van der Waals surface area contributed by atoms with Crippen molar-refractivity contribution in [3.63, 3.8) is 0 Å². The predicted octanol–water partition coefficient (Wildman–Crippen LogP) is 2.64. The summed E-state index contributed by atoms with van der Waals surface area (Å²) in [5.41, 5.74) is 2.39. The summed E-state index contributed by atoms with van der Waals surface area (Å²) in [6, 6.07) is 8.05. The molecule has 1 aromatic rings. The first-order valence-corrected chi connectivity index (χ1v) is 4.60. The van der Waals surface area contributed by atoms with Crippen LogP contribution in [-0.2, 0) is 11.2 Å². The molecule has 0 radical (unpaired) electrons. The van der Waals surface area contributed by atoms with Gasteiger partial charge in [-0.05, 0) is 29.1 Å². The highest BCUT2D eigenvalue weighted by atomic mass is 35.5. The zero-order valence-corrected chi connectivity index (χ0v) is 7.79. The minimum atomic E-state index is -0.272. The molecule has 1 aliphatic rings. The Bertz CT molecular complexity index is 368. The first-order chi connectivity index (χ1) is 6.27. The van der Waals surface area contributed by atoms with Gasteiger partial charge in [-0.2, -0.15) is 0 Å². The van der Waals surface area contributed by atoms with Gasteiger partial charge in [-0.1, -0.05) is 36.4 Å². The molecule has 0 bridgehead atoms. The van der Waals surface area contributed by atoms with Crippen molar-refractivity contribution in [3.8, 4) is 0 Å². The zero-order valence-electron chi connectivity index (χ0n) is 7.03. The van der Waals surface area contributed by atoms with E-state index in [0.717, 1.165) is 6.42 Å². The average Bonchev–Trinajstić information content (AvgIpc) is 2.17. The largest absolute Gasteiger partial charge is 0.281 e. The molecule has 0 saturated carbocycles. The van der Waals surface area contributed by atoms with E-state index in [4.69, 9.17) is 11.6 Å². The van der Waals surface area contributed by atoms with Crippen LogP contribution in [0.3, 0.4) is 0 Å². The van der Waals surface area contributed by atoms with Crippen molar-refractivity contribution in [1.29, 1.82) is 0 Å². The standard InChI is InChI=1S/C11H9ClO/c12-11(13)10-6-5-8-3-1-2-4-9(8)7-10/h1-6,10H,7H2/t10-/m0/s1. The normalized spacial score (nSPS) is 19.6. The van der Waals surface area contributed by atoms with E-state index in [1.165, 1.54) is 11.1 Å². The van der Waals surface area contributed by atoms with E-state index in [0.29, 0.717) is 0 Å². The van der Waals surface area contributed by atoms with Crippen molar-refractivity contribution in [2.75, 3.05) is 0 Å². The molecule has 0 heterocycles.